The lowest BCUT2D eigenvalue weighted by Crippen LogP contribution is -1.98. The van der Waals surface area contributed by atoms with Gasteiger partial charge in [-0.25, -0.2) is 4.68 Å². The molecule has 0 aliphatic heterocycles. The van der Waals surface area contributed by atoms with Crippen LogP contribution in [0.5, 0.6) is 0 Å². The second-order valence-electron chi connectivity index (χ2n) is 2.67. The lowest BCUT2D eigenvalue weighted by Gasteiger charge is -1.89. The summed E-state index contributed by atoms with van der Waals surface area (Å²) in [5.41, 5.74) is 1.20. The number of rotatable bonds is 0. The van der Waals surface area contributed by atoms with E-state index in [4.69, 9.17) is 4.42 Å². The van der Waals surface area contributed by atoms with Gasteiger partial charge < -0.3 is 4.42 Å². The monoisotopic (exact) mass is 164 g/mol. The first-order valence-electron chi connectivity index (χ1n) is 3.61. The van der Waals surface area contributed by atoms with Crippen molar-refractivity contribution >= 4 is 11.1 Å². The van der Waals surface area contributed by atoms with E-state index in [2.05, 4.69) is 5.10 Å². The molecule has 12 heavy (non-hydrogen) atoms. The molecule has 0 N–H and O–H groups in total. The fraction of sp³-hybridized carbons (Fsp3) is 0.250. The average molecular weight is 164 g/mol. The second-order valence-corrected chi connectivity index (χ2v) is 2.67. The highest BCUT2D eigenvalue weighted by atomic mass is 16.3. The van der Waals surface area contributed by atoms with Crippen LogP contribution in [0.15, 0.2) is 21.5 Å². The summed E-state index contributed by atoms with van der Waals surface area (Å²) in [5.74, 6) is 0. The van der Waals surface area contributed by atoms with Gasteiger partial charge in [0.15, 0.2) is 5.43 Å². The lowest BCUT2D eigenvalue weighted by atomic mass is 10.3. The van der Waals surface area contributed by atoms with Gasteiger partial charge in [0.05, 0.1) is 12.0 Å². The molecule has 2 aromatic rings. The number of hydrogen-bond acceptors (Lipinski definition) is 3. The van der Waals surface area contributed by atoms with Crippen molar-refractivity contribution in [2.75, 3.05) is 0 Å². The number of aromatic nitrogens is 2. The molecule has 0 aliphatic carbocycles. The van der Waals surface area contributed by atoms with Crippen molar-refractivity contribution in [2.24, 2.45) is 7.05 Å². The molecule has 2 aromatic heterocycles. The predicted molar refractivity (Wildman–Crippen MR) is 44.0 cm³/mol. The van der Waals surface area contributed by atoms with Gasteiger partial charge in [0, 0.05) is 13.1 Å². The molecule has 2 heterocycles. The quantitative estimate of drug-likeness (QED) is 0.579. The number of fused-ring (bicyclic) bond motifs is 1. The molecule has 0 saturated heterocycles. The van der Waals surface area contributed by atoms with Crippen molar-refractivity contribution in [1.82, 2.24) is 9.78 Å². The van der Waals surface area contributed by atoms with Crippen LogP contribution >= 0.6 is 0 Å². The predicted octanol–water partition coefficient (Wildman–Crippen LogP) is 0.835. The highest BCUT2D eigenvalue weighted by Crippen LogP contribution is 2.11. The fourth-order valence-corrected chi connectivity index (χ4v) is 1.30. The molecule has 0 saturated carbocycles. The molecule has 0 unspecified atom stereocenters. The van der Waals surface area contributed by atoms with Gasteiger partial charge in [-0.3, -0.25) is 4.79 Å². The molecule has 0 bridgehead atoms. The first-order valence-corrected chi connectivity index (χ1v) is 3.61. The van der Waals surface area contributed by atoms with Gasteiger partial charge in [-0.2, -0.15) is 5.10 Å². The minimum absolute atomic E-state index is 0.0400. The summed E-state index contributed by atoms with van der Waals surface area (Å²) in [6.07, 6.45) is 1.38. The molecule has 0 radical (unpaired) electrons. The van der Waals surface area contributed by atoms with E-state index in [0.29, 0.717) is 16.8 Å². The Kier molecular flexibility index (Phi) is 1.30. The number of aryl methyl sites for hydroxylation is 2. The highest BCUT2D eigenvalue weighted by molar-refractivity contribution is 5.75. The van der Waals surface area contributed by atoms with Crippen LogP contribution < -0.4 is 5.43 Å². The fourth-order valence-electron chi connectivity index (χ4n) is 1.30. The molecular formula is C8H8N2O2. The standard InChI is InChI=1S/C8H8N2O2/c1-5-7-6(11)3-4-12-8(7)10(2)9-5/h3-4H,1-2H3. The van der Waals surface area contributed by atoms with Crippen LogP contribution in [0, 0.1) is 6.92 Å². The SMILES string of the molecule is Cc1nn(C)c2occc(=O)c12. The zero-order valence-electron chi connectivity index (χ0n) is 6.87. The highest BCUT2D eigenvalue weighted by Gasteiger charge is 2.08. The maximum absolute atomic E-state index is 11.3. The van der Waals surface area contributed by atoms with E-state index in [1.54, 1.807) is 18.7 Å². The van der Waals surface area contributed by atoms with E-state index < -0.39 is 0 Å². The Balaban J connectivity index is 3.09. The van der Waals surface area contributed by atoms with E-state index in [1.807, 2.05) is 0 Å². The summed E-state index contributed by atoms with van der Waals surface area (Å²) in [6, 6.07) is 1.40. The molecular weight excluding hydrogens is 156 g/mol. The van der Waals surface area contributed by atoms with Gasteiger partial charge in [0.25, 0.3) is 0 Å². The number of hydrogen-bond donors (Lipinski definition) is 0. The Morgan fingerprint density at radius 1 is 1.58 bits per heavy atom. The smallest absolute Gasteiger partial charge is 0.228 e. The van der Waals surface area contributed by atoms with Crippen LogP contribution in [0.4, 0.5) is 0 Å². The van der Waals surface area contributed by atoms with Crippen molar-refractivity contribution in [3.63, 3.8) is 0 Å². The molecule has 0 spiro atoms. The molecule has 0 fully saturated rings. The Labute approximate surface area is 68.4 Å². The van der Waals surface area contributed by atoms with Crippen LogP contribution in [-0.2, 0) is 7.05 Å². The molecule has 0 aromatic carbocycles. The van der Waals surface area contributed by atoms with Crippen LogP contribution in [-0.4, -0.2) is 9.78 Å². The maximum atomic E-state index is 11.3. The summed E-state index contributed by atoms with van der Waals surface area (Å²) in [6.45, 7) is 1.79. The van der Waals surface area contributed by atoms with E-state index in [9.17, 15) is 4.79 Å². The van der Waals surface area contributed by atoms with Crippen molar-refractivity contribution in [3.05, 3.63) is 28.2 Å². The summed E-state index contributed by atoms with van der Waals surface area (Å²) in [4.78, 5) is 11.3. The van der Waals surface area contributed by atoms with Gasteiger partial charge in [-0.1, -0.05) is 0 Å². The van der Waals surface area contributed by atoms with E-state index in [-0.39, 0.29) is 5.43 Å². The van der Waals surface area contributed by atoms with Gasteiger partial charge >= 0.3 is 0 Å². The third kappa shape index (κ3) is 0.777. The zero-order valence-corrected chi connectivity index (χ0v) is 6.87. The largest absolute Gasteiger partial charge is 0.446 e. The Morgan fingerprint density at radius 3 is 3.00 bits per heavy atom. The summed E-state index contributed by atoms with van der Waals surface area (Å²) in [5, 5.41) is 4.64. The minimum atomic E-state index is -0.0400. The molecule has 2 rings (SSSR count). The van der Waals surface area contributed by atoms with Crippen LogP contribution in [0.1, 0.15) is 5.69 Å². The van der Waals surface area contributed by atoms with Crippen molar-refractivity contribution in [1.29, 1.82) is 0 Å². The van der Waals surface area contributed by atoms with Gasteiger partial charge in [-0.15, -0.1) is 0 Å². The summed E-state index contributed by atoms with van der Waals surface area (Å²) >= 11 is 0. The molecule has 0 amide bonds. The Morgan fingerprint density at radius 2 is 2.33 bits per heavy atom. The van der Waals surface area contributed by atoms with Crippen LogP contribution in [0.3, 0.4) is 0 Å². The second kappa shape index (κ2) is 2.20. The third-order valence-electron chi connectivity index (χ3n) is 1.82. The van der Waals surface area contributed by atoms with Gasteiger partial charge in [0.2, 0.25) is 5.71 Å². The normalized spacial score (nSPS) is 10.8. The van der Waals surface area contributed by atoms with Crippen molar-refractivity contribution in [2.45, 2.75) is 6.92 Å². The topological polar surface area (TPSA) is 48.0 Å². The maximum Gasteiger partial charge on any atom is 0.228 e. The molecule has 4 nitrogen and oxygen atoms in total. The van der Waals surface area contributed by atoms with E-state index >= 15 is 0 Å². The molecule has 0 atom stereocenters. The molecule has 4 heteroatoms. The van der Waals surface area contributed by atoms with Crippen molar-refractivity contribution in [3.8, 4) is 0 Å². The van der Waals surface area contributed by atoms with Gasteiger partial charge in [-0.05, 0) is 6.92 Å². The Hall–Kier alpha value is -1.58. The van der Waals surface area contributed by atoms with Gasteiger partial charge in [0.1, 0.15) is 5.39 Å². The summed E-state index contributed by atoms with van der Waals surface area (Å²) < 4.78 is 6.71. The lowest BCUT2D eigenvalue weighted by molar-refractivity contribution is 0.557. The van der Waals surface area contributed by atoms with Crippen LogP contribution in [0.2, 0.25) is 0 Å². The first-order chi connectivity index (χ1) is 5.70. The molecule has 0 aliphatic rings. The first kappa shape index (κ1) is 7.09. The third-order valence-corrected chi connectivity index (χ3v) is 1.82. The number of nitrogens with zero attached hydrogens (tertiary/aromatic N) is 2. The average Bonchev–Trinajstić information content (AvgIpc) is 2.29. The van der Waals surface area contributed by atoms with E-state index in [0.717, 1.165) is 0 Å². The molecule has 62 valence electrons. The van der Waals surface area contributed by atoms with Crippen molar-refractivity contribution < 1.29 is 4.42 Å². The Bertz CT molecular complexity index is 481. The van der Waals surface area contributed by atoms with Crippen LogP contribution in [0.25, 0.3) is 11.1 Å². The minimum Gasteiger partial charge on any atom is -0.446 e. The summed E-state index contributed by atoms with van der Waals surface area (Å²) in [7, 11) is 1.75. The zero-order chi connectivity index (χ0) is 8.72. The van der Waals surface area contributed by atoms with E-state index in [1.165, 1.54) is 12.3 Å².